The van der Waals surface area contributed by atoms with Crippen molar-refractivity contribution >= 4 is 21.7 Å². The third-order valence-electron chi connectivity index (χ3n) is 5.92. The van der Waals surface area contributed by atoms with Crippen LogP contribution in [0.2, 0.25) is 0 Å². The quantitative estimate of drug-likeness (QED) is 0.555. The van der Waals surface area contributed by atoms with Gasteiger partial charge < -0.3 is 5.11 Å². The van der Waals surface area contributed by atoms with Crippen molar-refractivity contribution in [2.75, 3.05) is 4.72 Å². The zero-order valence-corrected chi connectivity index (χ0v) is 18.5. The lowest BCUT2D eigenvalue weighted by atomic mass is 9.83. The first-order valence-corrected chi connectivity index (χ1v) is 12.1. The van der Waals surface area contributed by atoms with E-state index in [0.29, 0.717) is 23.4 Å². The van der Waals surface area contributed by atoms with Gasteiger partial charge in [0.15, 0.2) is 0 Å². The fourth-order valence-corrected chi connectivity index (χ4v) is 5.67. The molecular formula is C22H25N5O4S. The Morgan fingerprint density at radius 1 is 1.16 bits per heavy atom. The third kappa shape index (κ3) is 4.50. The van der Waals surface area contributed by atoms with Gasteiger partial charge in [0.2, 0.25) is 0 Å². The summed E-state index contributed by atoms with van der Waals surface area (Å²) >= 11 is 0. The van der Waals surface area contributed by atoms with E-state index < -0.39 is 16.0 Å². The molecule has 0 unspecified atom stereocenters. The number of aromatic carboxylic acids is 1. The monoisotopic (exact) mass is 455 g/mol. The average Bonchev–Trinajstić information content (AvgIpc) is 3.34. The number of aromatic nitrogens is 4. The molecule has 3 aromatic rings. The highest BCUT2D eigenvalue weighted by Gasteiger charge is 2.25. The van der Waals surface area contributed by atoms with Gasteiger partial charge >= 0.3 is 5.97 Å². The summed E-state index contributed by atoms with van der Waals surface area (Å²) in [4.78, 5) is 11.4. The topological polar surface area (TPSA) is 127 Å². The second kappa shape index (κ2) is 9.07. The standard InChI is InChI=1S/C22H25N5O4S/c1-2-15-8-9-17(22(28)29)12-21(15)32(30,31)24-20-13-18(27-14-23-25-26-27)10-11-19(20)16-6-4-3-5-7-16/h8-14,16,24H,2-7H2,1H3,(H,28,29). The molecule has 10 heteroatoms. The summed E-state index contributed by atoms with van der Waals surface area (Å²) in [7, 11) is -4.03. The van der Waals surface area contributed by atoms with Crippen LogP contribution in [0.5, 0.6) is 0 Å². The van der Waals surface area contributed by atoms with Crippen LogP contribution >= 0.6 is 0 Å². The lowest BCUT2D eigenvalue weighted by Crippen LogP contribution is -2.18. The summed E-state index contributed by atoms with van der Waals surface area (Å²) in [6.07, 6.45) is 7.28. The van der Waals surface area contributed by atoms with Crippen molar-refractivity contribution in [3.8, 4) is 5.69 Å². The summed E-state index contributed by atoms with van der Waals surface area (Å²) in [6.45, 7) is 1.83. The first kappa shape index (κ1) is 21.9. The second-order valence-corrected chi connectivity index (χ2v) is 9.60. The van der Waals surface area contributed by atoms with E-state index in [1.165, 1.54) is 29.6 Å². The van der Waals surface area contributed by atoms with E-state index in [9.17, 15) is 18.3 Å². The Hall–Kier alpha value is -3.27. The number of nitrogens with zero attached hydrogens (tertiary/aromatic N) is 4. The van der Waals surface area contributed by atoms with Crippen LogP contribution in [-0.4, -0.2) is 39.7 Å². The van der Waals surface area contributed by atoms with Crippen LogP contribution in [0.15, 0.2) is 47.6 Å². The van der Waals surface area contributed by atoms with Crippen LogP contribution in [0.25, 0.3) is 5.69 Å². The van der Waals surface area contributed by atoms with E-state index in [1.807, 2.05) is 19.1 Å². The maximum absolute atomic E-state index is 13.4. The summed E-state index contributed by atoms with van der Waals surface area (Å²) < 4.78 is 31.1. The lowest BCUT2D eigenvalue weighted by molar-refractivity contribution is 0.0696. The van der Waals surface area contributed by atoms with Crippen molar-refractivity contribution in [2.24, 2.45) is 0 Å². The zero-order chi connectivity index (χ0) is 22.7. The van der Waals surface area contributed by atoms with Crippen molar-refractivity contribution in [3.63, 3.8) is 0 Å². The van der Waals surface area contributed by atoms with Gasteiger partial charge in [-0.15, -0.1) is 5.10 Å². The van der Waals surface area contributed by atoms with Crippen LogP contribution in [0.3, 0.4) is 0 Å². The van der Waals surface area contributed by atoms with Gasteiger partial charge in [0.25, 0.3) is 10.0 Å². The maximum atomic E-state index is 13.4. The Labute approximate surface area is 186 Å². The first-order valence-electron chi connectivity index (χ1n) is 10.7. The molecule has 0 bridgehead atoms. The molecule has 0 radical (unpaired) electrons. The third-order valence-corrected chi connectivity index (χ3v) is 7.37. The molecule has 168 valence electrons. The van der Waals surface area contributed by atoms with E-state index in [0.717, 1.165) is 31.2 Å². The van der Waals surface area contributed by atoms with Crippen molar-refractivity contribution in [1.29, 1.82) is 0 Å². The Kier molecular flexibility index (Phi) is 6.22. The number of carboxylic acids is 1. The van der Waals surface area contributed by atoms with Crippen LogP contribution in [-0.2, 0) is 16.4 Å². The Morgan fingerprint density at radius 2 is 1.94 bits per heavy atom. The Morgan fingerprint density at radius 3 is 2.59 bits per heavy atom. The molecule has 1 aromatic heterocycles. The number of aryl methyl sites for hydroxylation is 1. The molecule has 0 spiro atoms. The normalized spacial score (nSPS) is 14.9. The lowest BCUT2D eigenvalue weighted by Gasteiger charge is -2.25. The molecule has 9 nitrogen and oxygen atoms in total. The highest BCUT2D eigenvalue weighted by Crippen LogP contribution is 2.38. The number of nitrogens with one attached hydrogen (secondary N) is 1. The van der Waals surface area contributed by atoms with Gasteiger partial charge in [0, 0.05) is 0 Å². The smallest absolute Gasteiger partial charge is 0.335 e. The van der Waals surface area contributed by atoms with Crippen molar-refractivity contribution in [3.05, 3.63) is 59.4 Å². The molecule has 1 heterocycles. The molecule has 2 N–H and O–H groups in total. The molecule has 0 saturated heterocycles. The minimum Gasteiger partial charge on any atom is -0.478 e. The predicted octanol–water partition coefficient (Wildman–Crippen LogP) is 3.77. The summed E-state index contributed by atoms with van der Waals surface area (Å²) in [5, 5.41) is 20.5. The number of hydrogen-bond donors (Lipinski definition) is 2. The Bertz CT molecular complexity index is 1220. The largest absolute Gasteiger partial charge is 0.478 e. The summed E-state index contributed by atoms with van der Waals surface area (Å²) in [6, 6.07) is 9.73. The van der Waals surface area contributed by atoms with E-state index in [4.69, 9.17) is 0 Å². The van der Waals surface area contributed by atoms with Crippen LogP contribution in [0, 0.1) is 0 Å². The number of carbonyl (C=O) groups is 1. The van der Waals surface area contributed by atoms with Crippen molar-refractivity contribution in [2.45, 2.75) is 56.3 Å². The van der Waals surface area contributed by atoms with Crippen LogP contribution in [0.4, 0.5) is 5.69 Å². The average molecular weight is 456 g/mol. The molecule has 4 rings (SSSR count). The van der Waals surface area contributed by atoms with Gasteiger partial charge in [0.1, 0.15) is 6.33 Å². The molecule has 0 amide bonds. The Balaban J connectivity index is 1.78. The predicted molar refractivity (Wildman–Crippen MR) is 119 cm³/mol. The summed E-state index contributed by atoms with van der Waals surface area (Å²) in [5.41, 5.74) is 2.50. The van der Waals surface area contributed by atoms with Gasteiger partial charge in [-0.1, -0.05) is 38.3 Å². The number of tetrazole rings is 1. The number of anilines is 1. The number of benzene rings is 2. The van der Waals surface area contributed by atoms with E-state index >= 15 is 0 Å². The molecule has 32 heavy (non-hydrogen) atoms. The molecule has 1 aliphatic rings. The van der Waals surface area contributed by atoms with E-state index in [1.54, 1.807) is 12.1 Å². The van der Waals surface area contributed by atoms with Gasteiger partial charge in [-0.3, -0.25) is 4.72 Å². The molecule has 2 aromatic carbocycles. The first-order chi connectivity index (χ1) is 15.4. The van der Waals surface area contributed by atoms with Gasteiger partial charge in [-0.2, -0.15) is 0 Å². The number of hydrogen-bond acceptors (Lipinski definition) is 6. The van der Waals surface area contributed by atoms with Crippen LogP contribution in [0.1, 0.15) is 66.4 Å². The van der Waals surface area contributed by atoms with Crippen molar-refractivity contribution < 1.29 is 18.3 Å². The maximum Gasteiger partial charge on any atom is 0.335 e. The second-order valence-electron chi connectivity index (χ2n) is 7.95. The minimum absolute atomic E-state index is 0.0256. The zero-order valence-electron chi connectivity index (χ0n) is 17.7. The SMILES string of the molecule is CCc1ccc(C(=O)O)cc1S(=O)(=O)Nc1cc(-n2cnnn2)ccc1C1CCCCC1. The highest BCUT2D eigenvalue weighted by atomic mass is 32.2. The fraction of sp³-hybridized carbons (Fsp3) is 0.364. The van der Waals surface area contributed by atoms with Gasteiger partial charge in [0.05, 0.1) is 21.8 Å². The summed E-state index contributed by atoms with van der Waals surface area (Å²) in [5.74, 6) is -0.923. The molecule has 0 atom stereocenters. The molecular weight excluding hydrogens is 430 g/mol. The molecule has 0 aliphatic heterocycles. The van der Waals surface area contributed by atoms with Gasteiger partial charge in [-0.25, -0.2) is 17.9 Å². The number of sulfonamides is 1. The van der Waals surface area contributed by atoms with Crippen molar-refractivity contribution in [1.82, 2.24) is 20.2 Å². The van der Waals surface area contributed by atoms with E-state index in [2.05, 4.69) is 20.2 Å². The van der Waals surface area contributed by atoms with Crippen LogP contribution < -0.4 is 4.72 Å². The highest BCUT2D eigenvalue weighted by molar-refractivity contribution is 7.92. The van der Waals surface area contributed by atoms with Gasteiger partial charge in [-0.05, 0) is 71.0 Å². The number of carboxylic acid groups (broad SMARTS) is 1. The minimum atomic E-state index is -4.03. The fourth-order valence-electron chi connectivity index (χ4n) is 4.25. The number of rotatable bonds is 7. The molecule has 1 aliphatic carbocycles. The molecule has 1 saturated carbocycles. The van der Waals surface area contributed by atoms with E-state index in [-0.39, 0.29) is 16.4 Å². The molecule has 1 fully saturated rings.